The first kappa shape index (κ1) is 16.9. The maximum Gasteiger partial charge on any atom is 0.303 e. The van der Waals surface area contributed by atoms with Crippen LogP contribution >= 0.6 is 0 Å². The molecular weight excluding hydrogens is 270 g/mol. The van der Waals surface area contributed by atoms with Gasteiger partial charge in [0.1, 0.15) is 5.69 Å². The molecule has 0 bridgehead atoms. The van der Waals surface area contributed by atoms with Gasteiger partial charge in [-0.1, -0.05) is 13.8 Å². The Morgan fingerprint density at radius 3 is 2.67 bits per heavy atom. The predicted octanol–water partition coefficient (Wildman–Crippen LogP) is 2.12. The number of anilines is 1. The summed E-state index contributed by atoms with van der Waals surface area (Å²) in [5.74, 6) is -0.523. The van der Waals surface area contributed by atoms with Gasteiger partial charge in [-0.05, 0) is 36.8 Å². The molecule has 21 heavy (non-hydrogen) atoms. The number of carbonyl (C=O) groups is 2. The minimum atomic E-state index is -0.756. The fourth-order valence-corrected chi connectivity index (χ4v) is 2.20. The molecule has 0 radical (unpaired) electrons. The Hall–Kier alpha value is -2.11. The van der Waals surface area contributed by atoms with Crippen LogP contribution in [0.1, 0.15) is 43.6 Å². The van der Waals surface area contributed by atoms with Crippen molar-refractivity contribution < 1.29 is 14.7 Å². The number of aromatic nitrogens is 1. The number of nitrogens with zero attached hydrogens (tertiary/aromatic N) is 1. The molecule has 1 rings (SSSR count). The van der Waals surface area contributed by atoms with Crippen LogP contribution in [0.5, 0.6) is 0 Å². The number of carbonyl (C=O) groups excluding carboxylic acids is 1. The van der Waals surface area contributed by atoms with E-state index in [1.165, 1.54) is 6.20 Å². The molecular formula is C15H23N3O3. The molecule has 0 spiro atoms. The third-order valence-electron chi connectivity index (χ3n) is 3.53. The van der Waals surface area contributed by atoms with Crippen LogP contribution < -0.4 is 11.1 Å². The second-order valence-electron chi connectivity index (χ2n) is 5.45. The zero-order valence-corrected chi connectivity index (χ0v) is 12.5. The van der Waals surface area contributed by atoms with Crippen molar-refractivity contribution in [2.45, 2.75) is 33.1 Å². The molecule has 1 atom stereocenters. The number of hydrogen-bond donors (Lipinski definition) is 3. The first-order chi connectivity index (χ1) is 9.90. The molecule has 0 saturated carbocycles. The van der Waals surface area contributed by atoms with Crippen molar-refractivity contribution in [1.82, 2.24) is 4.98 Å². The Balaban J connectivity index is 2.48. The fourth-order valence-electron chi connectivity index (χ4n) is 2.20. The Bertz CT molecular complexity index is 489. The van der Waals surface area contributed by atoms with Gasteiger partial charge in [0, 0.05) is 24.8 Å². The molecule has 1 aromatic rings. The van der Waals surface area contributed by atoms with E-state index in [1.807, 2.05) is 0 Å². The van der Waals surface area contributed by atoms with Crippen LogP contribution in [-0.4, -0.2) is 28.5 Å². The summed E-state index contributed by atoms with van der Waals surface area (Å²) in [5, 5.41) is 12.0. The molecule has 6 heteroatoms. The SMILES string of the molecule is CC(C)C(CCNc1ccnc(C(N)=O)c1)CCC(=O)O. The van der Waals surface area contributed by atoms with E-state index < -0.39 is 11.9 Å². The number of nitrogens with one attached hydrogen (secondary N) is 1. The zero-order valence-electron chi connectivity index (χ0n) is 12.5. The first-order valence-electron chi connectivity index (χ1n) is 7.11. The lowest BCUT2D eigenvalue weighted by Gasteiger charge is -2.20. The second kappa shape index (κ2) is 8.24. The number of aliphatic carboxylic acids is 1. The van der Waals surface area contributed by atoms with Crippen LogP contribution in [0.3, 0.4) is 0 Å². The molecule has 0 aliphatic heterocycles. The van der Waals surface area contributed by atoms with Crippen LogP contribution in [0.15, 0.2) is 18.3 Å². The number of pyridine rings is 1. The van der Waals surface area contributed by atoms with E-state index in [-0.39, 0.29) is 12.1 Å². The van der Waals surface area contributed by atoms with E-state index >= 15 is 0 Å². The zero-order chi connectivity index (χ0) is 15.8. The number of hydrogen-bond acceptors (Lipinski definition) is 4. The van der Waals surface area contributed by atoms with Gasteiger partial charge in [-0.15, -0.1) is 0 Å². The minimum absolute atomic E-state index is 0.198. The third kappa shape index (κ3) is 6.25. The lowest BCUT2D eigenvalue weighted by atomic mass is 9.88. The molecule has 0 fully saturated rings. The van der Waals surface area contributed by atoms with E-state index in [2.05, 4.69) is 24.1 Å². The topological polar surface area (TPSA) is 105 Å². The van der Waals surface area contributed by atoms with Gasteiger partial charge in [0.15, 0.2) is 0 Å². The highest BCUT2D eigenvalue weighted by Gasteiger charge is 2.14. The largest absolute Gasteiger partial charge is 0.481 e. The van der Waals surface area contributed by atoms with Crippen LogP contribution in [0.2, 0.25) is 0 Å². The average Bonchev–Trinajstić information content (AvgIpc) is 2.42. The summed E-state index contributed by atoms with van der Waals surface area (Å²) in [6.45, 7) is 4.92. The maximum atomic E-state index is 11.0. The summed E-state index contributed by atoms with van der Waals surface area (Å²) < 4.78 is 0. The minimum Gasteiger partial charge on any atom is -0.481 e. The molecule has 116 valence electrons. The molecule has 1 amide bonds. The molecule has 0 aliphatic rings. The standard InChI is InChI=1S/C15H23N3O3/c1-10(2)11(3-4-14(19)20)5-7-17-12-6-8-18-13(9-12)15(16)21/h6,8-11H,3-5,7H2,1-2H3,(H2,16,21)(H,17,18)(H,19,20). The molecule has 6 nitrogen and oxygen atoms in total. The highest BCUT2D eigenvalue weighted by molar-refractivity contribution is 5.91. The Labute approximate surface area is 124 Å². The Kier molecular flexibility index (Phi) is 6.65. The highest BCUT2D eigenvalue weighted by atomic mass is 16.4. The summed E-state index contributed by atoms with van der Waals surface area (Å²) in [6.07, 6.45) is 3.29. The summed E-state index contributed by atoms with van der Waals surface area (Å²) in [5.41, 5.74) is 6.20. The van der Waals surface area contributed by atoms with Gasteiger partial charge in [-0.25, -0.2) is 0 Å². The Morgan fingerprint density at radius 1 is 1.38 bits per heavy atom. The average molecular weight is 293 g/mol. The number of carboxylic acids is 1. The number of rotatable bonds is 9. The lowest BCUT2D eigenvalue weighted by Crippen LogP contribution is -2.16. The molecule has 0 saturated heterocycles. The monoisotopic (exact) mass is 293 g/mol. The highest BCUT2D eigenvalue weighted by Crippen LogP contribution is 2.21. The normalized spacial score (nSPS) is 12.1. The molecule has 1 unspecified atom stereocenters. The fraction of sp³-hybridized carbons (Fsp3) is 0.533. The summed E-state index contributed by atoms with van der Waals surface area (Å²) in [7, 11) is 0. The quantitative estimate of drug-likeness (QED) is 0.646. The van der Waals surface area contributed by atoms with Crippen LogP contribution in [0, 0.1) is 11.8 Å². The van der Waals surface area contributed by atoms with Gasteiger partial charge >= 0.3 is 5.97 Å². The van der Waals surface area contributed by atoms with Gasteiger partial charge in [0.25, 0.3) is 5.91 Å². The van der Waals surface area contributed by atoms with E-state index in [4.69, 9.17) is 10.8 Å². The van der Waals surface area contributed by atoms with E-state index in [9.17, 15) is 9.59 Å². The third-order valence-corrected chi connectivity index (χ3v) is 3.53. The number of nitrogens with two attached hydrogens (primary N) is 1. The first-order valence-corrected chi connectivity index (χ1v) is 7.11. The molecule has 0 aromatic carbocycles. The lowest BCUT2D eigenvalue weighted by molar-refractivity contribution is -0.137. The molecule has 4 N–H and O–H groups in total. The summed E-state index contributed by atoms with van der Waals surface area (Å²) >= 11 is 0. The molecule has 1 heterocycles. The van der Waals surface area contributed by atoms with Gasteiger partial charge < -0.3 is 16.2 Å². The van der Waals surface area contributed by atoms with Crippen molar-refractivity contribution in [2.24, 2.45) is 17.6 Å². The second-order valence-corrected chi connectivity index (χ2v) is 5.45. The van der Waals surface area contributed by atoms with E-state index in [0.29, 0.717) is 24.8 Å². The number of primary amides is 1. The number of amides is 1. The van der Waals surface area contributed by atoms with Crippen LogP contribution in [0.4, 0.5) is 5.69 Å². The van der Waals surface area contributed by atoms with Gasteiger partial charge in [-0.2, -0.15) is 0 Å². The van der Waals surface area contributed by atoms with Crippen molar-refractivity contribution in [3.8, 4) is 0 Å². The van der Waals surface area contributed by atoms with Crippen LogP contribution in [0.25, 0.3) is 0 Å². The predicted molar refractivity (Wildman–Crippen MR) is 81.1 cm³/mol. The van der Waals surface area contributed by atoms with Crippen molar-refractivity contribution in [3.63, 3.8) is 0 Å². The van der Waals surface area contributed by atoms with Gasteiger partial charge in [0.05, 0.1) is 0 Å². The van der Waals surface area contributed by atoms with Crippen molar-refractivity contribution in [2.75, 3.05) is 11.9 Å². The summed E-state index contributed by atoms with van der Waals surface area (Å²) in [4.78, 5) is 25.6. The van der Waals surface area contributed by atoms with Crippen molar-refractivity contribution >= 4 is 17.6 Å². The Morgan fingerprint density at radius 2 is 2.10 bits per heavy atom. The van der Waals surface area contributed by atoms with E-state index in [0.717, 1.165) is 12.1 Å². The van der Waals surface area contributed by atoms with Gasteiger partial charge in [0.2, 0.25) is 0 Å². The van der Waals surface area contributed by atoms with E-state index in [1.54, 1.807) is 12.1 Å². The van der Waals surface area contributed by atoms with Crippen molar-refractivity contribution in [1.29, 1.82) is 0 Å². The smallest absolute Gasteiger partial charge is 0.303 e. The number of carboxylic acid groups (broad SMARTS) is 1. The van der Waals surface area contributed by atoms with Crippen molar-refractivity contribution in [3.05, 3.63) is 24.0 Å². The summed E-state index contributed by atoms with van der Waals surface area (Å²) in [6, 6.07) is 3.39. The van der Waals surface area contributed by atoms with Crippen LogP contribution in [-0.2, 0) is 4.79 Å². The van der Waals surface area contributed by atoms with Gasteiger partial charge in [-0.3, -0.25) is 14.6 Å². The molecule has 0 aliphatic carbocycles. The molecule has 1 aromatic heterocycles. The maximum absolute atomic E-state index is 11.0.